The first-order valence-corrected chi connectivity index (χ1v) is 8.34. The highest BCUT2D eigenvalue weighted by Crippen LogP contribution is 2.32. The number of hydrogen-bond acceptors (Lipinski definition) is 4. The first-order chi connectivity index (χ1) is 9.86. The van der Waals surface area contributed by atoms with Crippen LogP contribution in [0.3, 0.4) is 0 Å². The molecule has 0 aliphatic heterocycles. The van der Waals surface area contributed by atoms with E-state index in [0.29, 0.717) is 0 Å². The van der Waals surface area contributed by atoms with E-state index in [2.05, 4.69) is 46.4 Å². The monoisotopic (exact) mass is 287 g/mol. The maximum Gasteiger partial charge on any atom is 0.0702 e. The standard InChI is InChI=1S/C16H21N3S/c17-19-16(11-20-14-5-1-2-6-14)13-7-8-15-12(10-13)4-3-9-18-15/h3-4,7-10,14,16,19H,1-2,5-6,11,17H2. The molecule has 1 unspecified atom stereocenters. The first-order valence-electron chi connectivity index (χ1n) is 7.29. The molecule has 3 nitrogen and oxygen atoms in total. The van der Waals surface area contributed by atoms with E-state index in [1.54, 1.807) is 0 Å². The van der Waals surface area contributed by atoms with Gasteiger partial charge < -0.3 is 0 Å². The minimum absolute atomic E-state index is 0.213. The van der Waals surface area contributed by atoms with Gasteiger partial charge in [-0.1, -0.05) is 25.0 Å². The molecule has 1 saturated carbocycles. The van der Waals surface area contributed by atoms with Crippen molar-refractivity contribution in [1.29, 1.82) is 0 Å². The lowest BCUT2D eigenvalue weighted by Crippen LogP contribution is -2.30. The largest absolute Gasteiger partial charge is 0.271 e. The van der Waals surface area contributed by atoms with Crippen LogP contribution in [0.1, 0.15) is 37.3 Å². The molecule has 1 aromatic carbocycles. The van der Waals surface area contributed by atoms with Gasteiger partial charge in [0.05, 0.1) is 11.6 Å². The average molecular weight is 287 g/mol. The molecule has 3 rings (SSSR count). The fraction of sp³-hybridized carbons (Fsp3) is 0.438. The highest BCUT2D eigenvalue weighted by atomic mass is 32.2. The summed E-state index contributed by atoms with van der Waals surface area (Å²) in [6, 6.07) is 10.7. The summed E-state index contributed by atoms with van der Waals surface area (Å²) in [6.45, 7) is 0. The van der Waals surface area contributed by atoms with Crippen LogP contribution in [0.25, 0.3) is 10.9 Å². The number of hydrazine groups is 1. The van der Waals surface area contributed by atoms with Gasteiger partial charge in [0.1, 0.15) is 0 Å². The summed E-state index contributed by atoms with van der Waals surface area (Å²) in [5, 5.41) is 2.00. The number of benzene rings is 1. The maximum absolute atomic E-state index is 5.75. The molecular weight excluding hydrogens is 266 g/mol. The van der Waals surface area contributed by atoms with Crippen molar-refractivity contribution in [1.82, 2.24) is 10.4 Å². The summed E-state index contributed by atoms with van der Waals surface area (Å²) in [5.74, 6) is 6.79. The van der Waals surface area contributed by atoms with Crippen LogP contribution < -0.4 is 11.3 Å². The molecule has 106 valence electrons. The van der Waals surface area contributed by atoms with Crippen LogP contribution in [0, 0.1) is 0 Å². The minimum Gasteiger partial charge on any atom is -0.271 e. The van der Waals surface area contributed by atoms with E-state index in [9.17, 15) is 0 Å². The molecule has 3 N–H and O–H groups in total. The molecule has 1 atom stereocenters. The van der Waals surface area contributed by atoms with Crippen LogP contribution in [0.4, 0.5) is 0 Å². The number of aromatic nitrogens is 1. The van der Waals surface area contributed by atoms with Crippen molar-refractivity contribution in [3.8, 4) is 0 Å². The van der Waals surface area contributed by atoms with Crippen molar-refractivity contribution in [3.05, 3.63) is 42.1 Å². The van der Waals surface area contributed by atoms with Crippen LogP contribution >= 0.6 is 11.8 Å². The van der Waals surface area contributed by atoms with Gasteiger partial charge in [0, 0.05) is 22.6 Å². The van der Waals surface area contributed by atoms with Crippen LogP contribution in [0.5, 0.6) is 0 Å². The molecule has 2 aromatic rings. The van der Waals surface area contributed by atoms with E-state index in [4.69, 9.17) is 5.84 Å². The predicted octanol–water partition coefficient (Wildman–Crippen LogP) is 3.42. The Morgan fingerprint density at radius 2 is 2.15 bits per heavy atom. The van der Waals surface area contributed by atoms with Crippen molar-refractivity contribution < 1.29 is 0 Å². The number of rotatable bonds is 5. The maximum atomic E-state index is 5.75. The van der Waals surface area contributed by atoms with Crippen LogP contribution in [0.15, 0.2) is 36.5 Å². The molecule has 0 radical (unpaired) electrons. The second kappa shape index (κ2) is 6.57. The molecule has 1 aromatic heterocycles. The Labute approximate surface area is 124 Å². The SMILES string of the molecule is NNC(CSC1CCCC1)c1ccc2ncccc2c1. The molecule has 20 heavy (non-hydrogen) atoms. The van der Waals surface area contributed by atoms with Crippen molar-refractivity contribution in [2.24, 2.45) is 5.84 Å². The number of fused-ring (bicyclic) bond motifs is 1. The third kappa shape index (κ3) is 3.14. The second-order valence-corrected chi connectivity index (χ2v) is 6.75. The van der Waals surface area contributed by atoms with E-state index >= 15 is 0 Å². The minimum atomic E-state index is 0.213. The van der Waals surface area contributed by atoms with Gasteiger partial charge in [-0.05, 0) is 36.6 Å². The quantitative estimate of drug-likeness (QED) is 0.653. The number of nitrogens with zero attached hydrogens (tertiary/aromatic N) is 1. The Kier molecular flexibility index (Phi) is 4.55. The smallest absolute Gasteiger partial charge is 0.0702 e. The number of thioether (sulfide) groups is 1. The Morgan fingerprint density at radius 1 is 1.30 bits per heavy atom. The molecule has 0 spiro atoms. The van der Waals surface area contributed by atoms with Gasteiger partial charge in [0.15, 0.2) is 0 Å². The number of nitrogens with one attached hydrogen (secondary N) is 1. The molecule has 1 aliphatic carbocycles. The summed E-state index contributed by atoms with van der Waals surface area (Å²) in [5.41, 5.74) is 5.25. The zero-order valence-corrected chi connectivity index (χ0v) is 12.4. The molecule has 1 heterocycles. The van der Waals surface area contributed by atoms with Gasteiger partial charge in [-0.25, -0.2) is 0 Å². The summed E-state index contributed by atoms with van der Waals surface area (Å²) in [6.07, 6.45) is 7.34. The normalized spacial score (nSPS) is 17.6. The number of nitrogens with two attached hydrogens (primary N) is 1. The molecule has 0 amide bonds. The number of hydrogen-bond donors (Lipinski definition) is 2. The van der Waals surface area contributed by atoms with Gasteiger partial charge in [0.25, 0.3) is 0 Å². The molecule has 0 bridgehead atoms. The first kappa shape index (κ1) is 13.9. The third-order valence-electron chi connectivity index (χ3n) is 4.03. The van der Waals surface area contributed by atoms with Gasteiger partial charge in [-0.2, -0.15) is 11.8 Å². The predicted molar refractivity (Wildman–Crippen MR) is 86.5 cm³/mol. The lowest BCUT2D eigenvalue weighted by molar-refractivity contribution is 0.610. The molecule has 1 fully saturated rings. The van der Waals surface area contributed by atoms with Crippen molar-refractivity contribution >= 4 is 22.7 Å². The highest BCUT2D eigenvalue weighted by Gasteiger charge is 2.18. The van der Waals surface area contributed by atoms with E-state index < -0.39 is 0 Å². The summed E-state index contributed by atoms with van der Waals surface area (Å²) in [4.78, 5) is 4.36. The fourth-order valence-electron chi connectivity index (χ4n) is 2.84. The number of pyridine rings is 1. The summed E-state index contributed by atoms with van der Waals surface area (Å²) in [7, 11) is 0. The lowest BCUT2D eigenvalue weighted by Gasteiger charge is -2.18. The molecule has 1 aliphatic rings. The fourth-order valence-corrected chi connectivity index (χ4v) is 4.26. The van der Waals surface area contributed by atoms with Gasteiger partial charge >= 0.3 is 0 Å². The molecular formula is C16H21N3S. The van der Waals surface area contributed by atoms with Crippen LogP contribution in [0.2, 0.25) is 0 Å². The molecule has 0 saturated heterocycles. The summed E-state index contributed by atoms with van der Waals surface area (Å²) >= 11 is 2.06. The third-order valence-corrected chi connectivity index (χ3v) is 5.50. The van der Waals surface area contributed by atoms with E-state index in [1.165, 1.54) is 36.6 Å². The summed E-state index contributed by atoms with van der Waals surface area (Å²) < 4.78 is 0. The topological polar surface area (TPSA) is 50.9 Å². The molecule has 4 heteroatoms. The van der Waals surface area contributed by atoms with Crippen LogP contribution in [-0.2, 0) is 0 Å². The van der Waals surface area contributed by atoms with Crippen LogP contribution in [-0.4, -0.2) is 16.0 Å². The van der Waals surface area contributed by atoms with Gasteiger partial charge in [0.2, 0.25) is 0 Å². The van der Waals surface area contributed by atoms with Gasteiger partial charge in [-0.15, -0.1) is 0 Å². The van der Waals surface area contributed by atoms with E-state index in [1.807, 2.05) is 12.3 Å². The Hall–Kier alpha value is -1.10. The van der Waals surface area contributed by atoms with Crippen molar-refractivity contribution in [3.63, 3.8) is 0 Å². The zero-order valence-electron chi connectivity index (χ0n) is 11.6. The van der Waals surface area contributed by atoms with E-state index in [0.717, 1.165) is 16.5 Å². The Bertz CT molecular complexity index is 566. The Morgan fingerprint density at radius 3 is 2.95 bits per heavy atom. The van der Waals surface area contributed by atoms with Crippen molar-refractivity contribution in [2.75, 3.05) is 5.75 Å². The van der Waals surface area contributed by atoms with E-state index in [-0.39, 0.29) is 6.04 Å². The zero-order chi connectivity index (χ0) is 13.8. The Balaban J connectivity index is 1.72. The van der Waals surface area contributed by atoms with Crippen molar-refractivity contribution in [2.45, 2.75) is 37.0 Å². The second-order valence-electron chi connectivity index (χ2n) is 5.41. The average Bonchev–Trinajstić information content (AvgIpc) is 3.01. The highest BCUT2D eigenvalue weighted by molar-refractivity contribution is 7.99. The lowest BCUT2D eigenvalue weighted by atomic mass is 10.1. The van der Waals surface area contributed by atoms with Gasteiger partial charge in [-0.3, -0.25) is 16.3 Å².